The van der Waals surface area contributed by atoms with Gasteiger partial charge in [0.25, 0.3) is 0 Å². The van der Waals surface area contributed by atoms with Gasteiger partial charge in [0.2, 0.25) is 0 Å². The number of hydrogen-bond donors (Lipinski definition) is 0. The molecular formula is C4H10Cl3Ge. The Morgan fingerprint density at radius 2 is 1.00 bits per heavy atom. The van der Waals surface area contributed by atoms with Gasteiger partial charge in [-0.25, -0.2) is 0 Å². The average Bonchev–Trinajstić information content (AvgIpc) is 1.25. The van der Waals surface area contributed by atoms with E-state index >= 15 is 0 Å². The second kappa shape index (κ2) is 8.41. The molecule has 0 saturated carbocycles. The van der Waals surface area contributed by atoms with Gasteiger partial charge in [-0.3, -0.25) is 0 Å². The van der Waals surface area contributed by atoms with Crippen LogP contribution in [0.2, 0.25) is 0 Å². The van der Waals surface area contributed by atoms with E-state index in [-0.39, 0.29) is 0 Å². The first-order valence-electron chi connectivity index (χ1n) is 2.15. The molecule has 8 heavy (non-hydrogen) atoms. The van der Waals surface area contributed by atoms with Crippen LogP contribution in [0.4, 0.5) is 0 Å². The van der Waals surface area contributed by atoms with Gasteiger partial charge < -0.3 is 0 Å². The molecule has 0 N–H and O–H groups in total. The van der Waals surface area contributed by atoms with Crippen molar-refractivity contribution in [2.75, 3.05) is 0 Å². The zero-order valence-corrected chi connectivity index (χ0v) is 9.90. The van der Waals surface area contributed by atoms with E-state index in [1.165, 1.54) is 5.92 Å². The third-order valence-corrected chi connectivity index (χ3v) is 0. The first-order chi connectivity index (χ1) is 3.46. The van der Waals surface area contributed by atoms with Crippen molar-refractivity contribution in [2.24, 2.45) is 0 Å². The molecule has 0 heterocycles. The third-order valence-electron chi connectivity index (χ3n) is 0. The first-order valence-corrected chi connectivity index (χ1v) is 11.7. The van der Waals surface area contributed by atoms with Crippen molar-refractivity contribution in [2.45, 2.75) is 20.8 Å². The van der Waals surface area contributed by atoms with E-state index in [0.717, 1.165) is 0 Å². The second-order valence-electron chi connectivity index (χ2n) is 1.75. The van der Waals surface area contributed by atoms with Crippen molar-refractivity contribution < 1.29 is 0 Å². The zero-order chi connectivity index (χ0) is 7.15. The van der Waals surface area contributed by atoms with Gasteiger partial charge in [0, 0.05) is 0 Å². The van der Waals surface area contributed by atoms with E-state index in [2.05, 4.69) is 20.8 Å². The number of hydrogen-bond acceptors (Lipinski definition) is 0. The molecule has 51 valence electrons. The van der Waals surface area contributed by atoms with E-state index in [1.807, 2.05) is 0 Å². The van der Waals surface area contributed by atoms with Crippen LogP contribution >= 0.6 is 30.0 Å². The molecule has 0 amide bonds. The van der Waals surface area contributed by atoms with Gasteiger partial charge in [0.05, 0.1) is 0 Å². The van der Waals surface area contributed by atoms with E-state index in [0.29, 0.717) is 0 Å². The van der Waals surface area contributed by atoms with Crippen molar-refractivity contribution >= 4 is 41.6 Å². The van der Waals surface area contributed by atoms with Crippen molar-refractivity contribution in [3.05, 3.63) is 5.92 Å². The molecule has 0 aromatic rings. The molecular weight excluding hydrogens is 227 g/mol. The molecule has 0 unspecified atom stereocenters. The van der Waals surface area contributed by atoms with Gasteiger partial charge in [-0.05, 0) is 5.92 Å². The van der Waals surface area contributed by atoms with Crippen LogP contribution in [-0.4, -0.2) is 11.6 Å². The Labute approximate surface area is 68.2 Å². The predicted molar refractivity (Wildman–Crippen MR) is 45.0 cm³/mol. The summed E-state index contributed by atoms with van der Waals surface area (Å²) < 4.78 is 0. The summed E-state index contributed by atoms with van der Waals surface area (Å²) in [5.74, 6) is 1.42. The average molecular weight is 237 g/mol. The Bertz CT molecular complexity index is 26.8. The quantitative estimate of drug-likeness (QED) is 0.568. The summed E-state index contributed by atoms with van der Waals surface area (Å²) >= 11 is -2.06. The topological polar surface area (TPSA) is 0 Å². The van der Waals surface area contributed by atoms with E-state index in [9.17, 15) is 0 Å². The second-order valence-corrected chi connectivity index (χ2v) is 13.1. The van der Waals surface area contributed by atoms with E-state index < -0.39 is 11.6 Å². The predicted octanol–water partition coefficient (Wildman–Crippen LogP) is 3.04. The molecule has 0 nitrogen and oxygen atoms in total. The van der Waals surface area contributed by atoms with Crippen molar-refractivity contribution in [3.63, 3.8) is 0 Å². The SMILES string of the molecule is C[C](C)C.[Cl][GeH]([Cl])[Cl]. The van der Waals surface area contributed by atoms with Crippen LogP contribution in [0, 0.1) is 5.92 Å². The van der Waals surface area contributed by atoms with Crippen LogP contribution in [0.5, 0.6) is 0 Å². The molecule has 0 spiro atoms. The molecule has 0 aliphatic carbocycles. The molecule has 1 radical (unpaired) electrons. The van der Waals surface area contributed by atoms with Crippen LogP contribution in [0.15, 0.2) is 0 Å². The molecule has 0 atom stereocenters. The van der Waals surface area contributed by atoms with Crippen LogP contribution in [0.1, 0.15) is 20.8 Å². The van der Waals surface area contributed by atoms with Crippen LogP contribution in [0.25, 0.3) is 0 Å². The number of halogens is 3. The summed E-state index contributed by atoms with van der Waals surface area (Å²) in [7, 11) is 15.0. The monoisotopic (exact) mass is 237 g/mol. The minimum absolute atomic E-state index is 1.42. The fourth-order valence-electron chi connectivity index (χ4n) is 0. The fraction of sp³-hybridized carbons (Fsp3) is 0.750. The summed E-state index contributed by atoms with van der Waals surface area (Å²) in [4.78, 5) is 0. The molecule has 0 aliphatic heterocycles. The molecule has 4 heteroatoms. The van der Waals surface area contributed by atoms with Crippen molar-refractivity contribution in [3.8, 4) is 0 Å². The van der Waals surface area contributed by atoms with Gasteiger partial charge in [-0.1, -0.05) is 20.8 Å². The summed E-state index contributed by atoms with van der Waals surface area (Å²) in [5.41, 5.74) is 0. The summed E-state index contributed by atoms with van der Waals surface area (Å²) in [6.07, 6.45) is 0. The first kappa shape index (κ1) is 12.1. The summed E-state index contributed by atoms with van der Waals surface area (Å²) in [5, 5.41) is 0. The zero-order valence-electron chi connectivity index (χ0n) is 5.21. The molecule has 0 bridgehead atoms. The van der Waals surface area contributed by atoms with Crippen molar-refractivity contribution in [1.29, 1.82) is 0 Å². The maximum atomic E-state index is 4.99. The Balaban J connectivity index is 0. The normalized spacial score (nSPS) is 9.00. The number of rotatable bonds is 0. The summed E-state index contributed by atoms with van der Waals surface area (Å²) in [6, 6.07) is 0. The molecule has 0 fully saturated rings. The van der Waals surface area contributed by atoms with Gasteiger partial charge in [0.1, 0.15) is 0 Å². The Kier molecular flexibility index (Phi) is 12.7. The molecule has 0 rings (SSSR count). The van der Waals surface area contributed by atoms with Crippen molar-refractivity contribution in [1.82, 2.24) is 0 Å². The molecule has 0 saturated heterocycles. The standard InChI is InChI=1S/C4H9.Cl3GeH/c2*1-4(2)3/h1-3H3;4H. The van der Waals surface area contributed by atoms with Gasteiger partial charge in [-0.2, -0.15) is 0 Å². The Morgan fingerprint density at radius 3 is 1.00 bits per heavy atom. The maximum absolute atomic E-state index is 4.99. The van der Waals surface area contributed by atoms with Gasteiger partial charge in [0.15, 0.2) is 0 Å². The van der Waals surface area contributed by atoms with E-state index in [1.54, 1.807) is 0 Å². The summed E-state index contributed by atoms with van der Waals surface area (Å²) in [6.45, 7) is 6.25. The molecule has 0 aliphatic rings. The van der Waals surface area contributed by atoms with Crippen LogP contribution in [0.3, 0.4) is 0 Å². The van der Waals surface area contributed by atoms with E-state index in [4.69, 9.17) is 30.0 Å². The van der Waals surface area contributed by atoms with Gasteiger partial charge >= 0.3 is 41.6 Å². The fourth-order valence-corrected chi connectivity index (χ4v) is 0. The van der Waals surface area contributed by atoms with Crippen LogP contribution in [-0.2, 0) is 0 Å². The molecule has 0 aromatic carbocycles. The minimum atomic E-state index is -2.06. The Hall–Kier alpha value is 1.41. The molecule has 0 aromatic heterocycles. The van der Waals surface area contributed by atoms with Gasteiger partial charge in [-0.15, -0.1) is 0 Å². The Morgan fingerprint density at radius 1 is 1.00 bits per heavy atom. The van der Waals surface area contributed by atoms with Crippen LogP contribution < -0.4 is 0 Å². The third kappa shape index (κ3) is 153.